The van der Waals surface area contributed by atoms with Gasteiger partial charge in [0, 0.05) is 4.47 Å². The van der Waals surface area contributed by atoms with Crippen LogP contribution < -0.4 is 0 Å². The first-order valence-corrected chi connectivity index (χ1v) is 8.05. The van der Waals surface area contributed by atoms with E-state index in [0.29, 0.717) is 5.02 Å². The highest BCUT2D eigenvalue weighted by molar-refractivity contribution is 9.10. The lowest BCUT2D eigenvalue weighted by molar-refractivity contribution is 0.220. The van der Waals surface area contributed by atoms with Gasteiger partial charge in [-0.15, -0.1) is 0 Å². The molecule has 0 aliphatic heterocycles. The summed E-state index contributed by atoms with van der Waals surface area (Å²) in [4.78, 5) is 0. The molecule has 3 heteroatoms. The Morgan fingerprint density at radius 3 is 2.25 bits per heavy atom. The van der Waals surface area contributed by atoms with E-state index in [1.165, 1.54) is 24.8 Å². The number of hydrogen-bond donors (Lipinski definition) is 1. The smallest absolute Gasteiger partial charge is 0.104 e. The van der Waals surface area contributed by atoms with Gasteiger partial charge in [0.05, 0.1) is 5.02 Å². The lowest BCUT2D eigenvalue weighted by Crippen LogP contribution is -2.09. The maximum absolute atomic E-state index is 10.4. The Balaban J connectivity index is 1.82. The van der Waals surface area contributed by atoms with Crippen molar-refractivity contribution in [2.24, 2.45) is 0 Å². The topological polar surface area (TPSA) is 20.2 Å². The molecule has 2 aromatic carbocycles. The standard InChI is InChI=1S/C17H16BrClO/c18-15-9-8-14(10-16(15)19)17(20)13-6-4-12(5-7-13)11-2-1-3-11/h4-11,17,20H,1-3H2. The third-order valence-electron chi connectivity index (χ3n) is 4.09. The highest BCUT2D eigenvalue weighted by Crippen LogP contribution is 2.37. The predicted octanol–water partition coefficient (Wildman–Crippen LogP) is 5.45. The second kappa shape index (κ2) is 5.88. The molecule has 0 radical (unpaired) electrons. The Labute approximate surface area is 132 Å². The van der Waals surface area contributed by atoms with E-state index in [0.717, 1.165) is 21.5 Å². The van der Waals surface area contributed by atoms with Crippen molar-refractivity contribution in [1.29, 1.82) is 0 Å². The first kappa shape index (κ1) is 14.1. The number of aliphatic hydroxyl groups excluding tert-OH is 1. The minimum atomic E-state index is -0.629. The summed E-state index contributed by atoms with van der Waals surface area (Å²) in [7, 11) is 0. The molecule has 1 nitrogen and oxygen atoms in total. The van der Waals surface area contributed by atoms with Gasteiger partial charge >= 0.3 is 0 Å². The Hall–Kier alpha value is -0.830. The van der Waals surface area contributed by atoms with Gasteiger partial charge in [0.15, 0.2) is 0 Å². The largest absolute Gasteiger partial charge is 0.384 e. The van der Waals surface area contributed by atoms with Crippen LogP contribution in [0.3, 0.4) is 0 Å². The average molecular weight is 352 g/mol. The van der Waals surface area contributed by atoms with E-state index in [4.69, 9.17) is 11.6 Å². The zero-order valence-corrected chi connectivity index (χ0v) is 13.4. The molecule has 1 N–H and O–H groups in total. The highest BCUT2D eigenvalue weighted by Gasteiger charge is 2.19. The molecule has 0 amide bonds. The normalized spacial score (nSPS) is 16.8. The zero-order chi connectivity index (χ0) is 14.1. The molecule has 104 valence electrons. The predicted molar refractivity (Wildman–Crippen MR) is 86.2 cm³/mol. The third kappa shape index (κ3) is 2.78. The summed E-state index contributed by atoms with van der Waals surface area (Å²) in [6.45, 7) is 0. The zero-order valence-electron chi connectivity index (χ0n) is 11.0. The van der Waals surface area contributed by atoms with E-state index < -0.39 is 6.10 Å². The van der Waals surface area contributed by atoms with Crippen LogP contribution in [-0.4, -0.2) is 5.11 Å². The number of aliphatic hydroxyl groups is 1. The fourth-order valence-electron chi connectivity index (χ4n) is 2.57. The number of halogens is 2. The Morgan fingerprint density at radius 2 is 1.70 bits per heavy atom. The van der Waals surface area contributed by atoms with Crippen LogP contribution in [0.1, 0.15) is 48.0 Å². The van der Waals surface area contributed by atoms with Crippen molar-refractivity contribution in [1.82, 2.24) is 0 Å². The number of benzene rings is 2. The van der Waals surface area contributed by atoms with Crippen molar-refractivity contribution in [2.45, 2.75) is 31.3 Å². The monoisotopic (exact) mass is 350 g/mol. The van der Waals surface area contributed by atoms with Gasteiger partial charge < -0.3 is 5.11 Å². The molecule has 2 aromatic rings. The number of hydrogen-bond acceptors (Lipinski definition) is 1. The minimum Gasteiger partial charge on any atom is -0.384 e. The van der Waals surface area contributed by atoms with E-state index in [1.54, 1.807) is 6.07 Å². The van der Waals surface area contributed by atoms with Crippen LogP contribution in [0, 0.1) is 0 Å². The maximum Gasteiger partial charge on any atom is 0.104 e. The van der Waals surface area contributed by atoms with Gasteiger partial charge in [0.1, 0.15) is 6.10 Å². The van der Waals surface area contributed by atoms with E-state index >= 15 is 0 Å². The Bertz CT molecular complexity index is 605. The molecule has 1 aliphatic carbocycles. The molecule has 0 heterocycles. The SMILES string of the molecule is OC(c1ccc(C2CCC2)cc1)c1ccc(Br)c(Cl)c1. The summed E-state index contributed by atoms with van der Waals surface area (Å²) in [5, 5.41) is 11.1. The third-order valence-corrected chi connectivity index (χ3v) is 5.32. The van der Waals surface area contributed by atoms with Crippen molar-refractivity contribution in [3.63, 3.8) is 0 Å². The Kier molecular flexibility index (Phi) is 4.16. The lowest BCUT2D eigenvalue weighted by Gasteiger charge is -2.26. The molecule has 0 saturated heterocycles. The fraction of sp³-hybridized carbons (Fsp3) is 0.294. The van der Waals surface area contributed by atoms with E-state index in [-0.39, 0.29) is 0 Å². The summed E-state index contributed by atoms with van der Waals surface area (Å²) >= 11 is 9.44. The van der Waals surface area contributed by atoms with Gasteiger partial charge in [-0.2, -0.15) is 0 Å². The highest BCUT2D eigenvalue weighted by atomic mass is 79.9. The van der Waals surface area contributed by atoms with Crippen LogP contribution >= 0.6 is 27.5 Å². The Morgan fingerprint density at radius 1 is 1.05 bits per heavy atom. The van der Waals surface area contributed by atoms with Crippen LogP contribution in [0.5, 0.6) is 0 Å². The van der Waals surface area contributed by atoms with Gasteiger partial charge in [-0.3, -0.25) is 0 Å². The fourth-order valence-corrected chi connectivity index (χ4v) is 3.00. The quantitative estimate of drug-likeness (QED) is 0.779. The summed E-state index contributed by atoms with van der Waals surface area (Å²) < 4.78 is 0.843. The van der Waals surface area contributed by atoms with Gasteiger partial charge in [0.2, 0.25) is 0 Å². The summed E-state index contributed by atoms with van der Waals surface area (Å²) in [5.41, 5.74) is 3.11. The molecule has 20 heavy (non-hydrogen) atoms. The van der Waals surface area contributed by atoms with Crippen LogP contribution in [0.15, 0.2) is 46.9 Å². The van der Waals surface area contributed by atoms with Crippen molar-refractivity contribution in [2.75, 3.05) is 0 Å². The van der Waals surface area contributed by atoms with Gasteiger partial charge in [-0.1, -0.05) is 48.4 Å². The van der Waals surface area contributed by atoms with Gasteiger partial charge in [0.25, 0.3) is 0 Å². The van der Waals surface area contributed by atoms with Crippen LogP contribution in [0.4, 0.5) is 0 Å². The van der Waals surface area contributed by atoms with Crippen molar-refractivity contribution in [3.8, 4) is 0 Å². The molecule has 1 unspecified atom stereocenters. The molecule has 0 bridgehead atoms. The van der Waals surface area contributed by atoms with E-state index in [9.17, 15) is 5.11 Å². The van der Waals surface area contributed by atoms with Crippen LogP contribution in [0.25, 0.3) is 0 Å². The average Bonchev–Trinajstić information content (AvgIpc) is 2.40. The molecule has 3 rings (SSSR count). The van der Waals surface area contributed by atoms with Crippen molar-refractivity contribution >= 4 is 27.5 Å². The molecular formula is C17H16BrClO. The van der Waals surface area contributed by atoms with Crippen molar-refractivity contribution < 1.29 is 5.11 Å². The summed E-state index contributed by atoms with van der Waals surface area (Å²) in [6.07, 6.45) is 3.30. The minimum absolute atomic E-state index is 0.618. The summed E-state index contributed by atoms with van der Waals surface area (Å²) in [5.74, 6) is 0.725. The van der Waals surface area contributed by atoms with Gasteiger partial charge in [-0.05, 0) is 63.5 Å². The molecule has 1 saturated carbocycles. The van der Waals surface area contributed by atoms with Crippen molar-refractivity contribution in [3.05, 3.63) is 68.7 Å². The second-order valence-electron chi connectivity index (χ2n) is 5.37. The van der Waals surface area contributed by atoms with Crippen LogP contribution in [-0.2, 0) is 0 Å². The van der Waals surface area contributed by atoms with Crippen LogP contribution in [0.2, 0.25) is 5.02 Å². The summed E-state index contributed by atoms with van der Waals surface area (Å²) in [6, 6.07) is 13.9. The van der Waals surface area contributed by atoms with E-state index in [1.807, 2.05) is 24.3 Å². The van der Waals surface area contributed by atoms with E-state index in [2.05, 4.69) is 28.1 Å². The number of rotatable bonds is 3. The molecule has 1 aliphatic rings. The molecule has 1 fully saturated rings. The van der Waals surface area contributed by atoms with Gasteiger partial charge in [-0.25, -0.2) is 0 Å². The maximum atomic E-state index is 10.4. The molecule has 1 atom stereocenters. The first-order valence-electron chi connectivity index (χ1n) is 6.88. The second-order valence-corrected chi connectivity index (χ2v) is 6.63. The molecular weight excluding hydrogens is 336 g/mol. The first-order chi connectivity index (χ1) is 9.65. The molecule has 0 aromatic heterocycles. The molecule has 0 spiro atoms. The lowest BCUT2D eigenvalue weighted by atomic mass is 9.80.